The lowest BCUT2D eigenvalue weighted by Crippen LogP contribution is -2.54. The molecule has 3 fully saturated rings. The molecule has 24 heteroatoms. The third-order valence-corrected chi connectivity index (χ3v) is 16.0. The molecule has 87 heavy (non-hydrogen) atoms. The lowest BCUT2D eigenvalue weighted by atomic mass is 9.87. The third-order valence-electron chi connectivity index (χ3n) is 16.0. The number of nitrogens with one attached hydrogen (secondary N) is 7. The predicted octanol–water partition coefficient (Wildman–Crippen LogP) is 6.30. The van der Waals surface area contributed by atoms with E-state index in [-0.39, 0.29) is 87.4 Å². The summed E-state index contributed by atoms with van der Waals surface area (Å²) in [6.07, 6.45) is 6.28. The number of ether oxygens (including phenoxy) is 5. The summed E-state index contributed by atoms with van der Waals surface area (Å²) in [6, 6.07) is 19.2. The van der Waals surface area contributed by atoms with E-state index in [1.165, 1.54) is 6.08 Å². The Kier molecular flexibility index (Phi) is 22.1. The molecule has 4 aliphatic rings. The normalized spacial score (nSPS) is 23.4. The molecular formula is C63H80N10O14. The van der Waals surface area contributed by atoms with Crippen LogP contribution in [-0.2, 0) is 49.5 Å². The Balaban J connectivity index is 0.753. The molecule has 466 valence electrons. The van der Waals surface area contributed by atoms with Crippen LogP contribution in [0.3, 0.4) is 0 Å². The predicted molar refractivity (Wildman–Crippen MR) is 319 cm³/mol. The molecule has 0 radical (unpaired) electrons. The van der Waals surface area contributed by atoms with E-state index in [0.717, 1.165) is 34.2 Å². The Hall–Kier alpha value is -8.45. The van der Waals surface area contributed by atoms with Crippen LogP contribution in [0.5, 0.6) is 0 Å². The average molecular weight is 1200 g/mol. The molecule has 3 aromatic carbocycles. The number of carbonyl (C=O) groups is 7. The second-order valence-electron chi connectivity index (χ2n) is 23.1. The van der Waals surface area contributed by atoms with Crippen LogP contribution in [0.4, 0.5) is 20.1 Å². The third kappa shape index (κ3) is 17.8. The molecule has 3 saturated heterocycles. The number of rotatable bonds is 24. The van der Waals surface area contributed by atoms with E-state index in [1.54, 1.807) is 57.2 Å². The van der Waals surface area contributed by atoms with Crippen molar-refractivity contribution in [3.05, 3.63) is 137 Å². The van der Waals surface area contributed by atoms with Gasteiger partial charge in [0.25, 0.3) is 0 Å². The van der Waals surface area contributed by atoms with Crippen LogP contribution < -0.4 is 43.2 Å². The molecule has 0 saturated carbocycles. The molecule has 24 nitrogen and oxygen atoms in total. The van der Waals surface area contributed by atoms with E-state index in [9.17, 15) is 38.7 Å². The number of aliphatic hydroxyl groups is 1. The number of urea groups is 1. The first kappa shape index (κ1) is 64.5. The summed E-state index contributed by atoms with van der Waals surface area (Å²) in [5.41, 5.74) is 15.0. The van der Waals surface area contributed by atoms with E-state index in [1.807, 2.05) is 75.4 Å². The summed E-state index contributed by atoms with van der Waals surface area (Å²) in [6.45, 7) is 13.4. The van der Waals surface area contributed by atoms with Crippen LogP contribution in [0.1, 0.15) is 120 Å². The number of nitrogens with zero attached hydrogens (tertiary/aromatic N) is 2. The first-order valence-corrected chi connectivity index (χ1v) is 29.5. The Morgan fingerprint density at radius 1 is 0.874 bits per heavy atom. The summed E-state index contributed by atoms with van der Waals surface area (Å²) < 4.78 is 34.3. The van der Waals surface area contributed by atoms with Gasteiger partial charge >= 0.3 is 18.2 Å². The van der Waals surface area contributed by atoms with E-state index >= 15 is 0 Å². The number of alkyl carbamates (subject to hydrolysis) is 1. The molecule has 4 aromatic rings. The fourth-order valence-corrected chi connectivity index (χ4v) is 11.0. The number of nitrogens with two attached hydrogens (primary N) is 1. The van der Waals surface area contributed by atoms with Gasteiger partial charge in [-0.1, -0.05) is 123 Å². The first-order valence-electron chi connectivity index (χ1n) is 29.5. The standard InChI is InChI=1S/C63H80N10O14/c1-35(2)55(70-61(80)83-33-48-46-15-10-8-13-44(46)45-14-9-11-16-47(45)48)59(78)69-49(17-12-28-65-60(64)79)58(77)67-42-23-21-41(22-24-42)32-82-62(81)72-71-54(75)30-43-31-63(34-84-63)56(76)52(86-43)26-19-36(3)18-25-51-38(5)29-50(39(6)85-51)68-53(74)27-20-37(4)57-66-40(7)87-73-57/h8-11,13-16,18-24,26-27,35,37-39,43,48-52,55-56,76H,12,17,25,28-34H2,1-7H3,(H,67,77)(H,68,74)(H,69,78)(H,70,80)(H,71,75)(H,72,81)(H3,64,65,79)/b26-19+,27-20-,36-18+/t37-,38-,39+,43+,49-,50+,51-,52+,55-,56+,63+/m0/s1. The zero-order valence-corrected chi connectivity index (χ0v) is 50.0. The van der Waals surface area contributed by atoms with Gasteiger partial charge in [-0.15, -0.1) is 0 Å². The summed E-state index contributed by atoms with van der Waals surface area (Å²) in [7, 11) is 0. The number of fused-ring (bicyclic) bond motifs is 3. The van der Waals surface area contributed by atoms with E-state index in [0.29, 0.717) is 36.0 Å². The van der Waals surface area contributed by atoms with Gasteiger partial charge < -0.3 is 65.6 Å². The second kappa shape index (κ2) is 29.8. The first-order chi connectivity index (χ1) is 41.6. The highest BCUT2D eigenvalue weighted by Crippen LogP contribution is 2.45. The number of carbonyl (C=O) groups excluding carboxylic acids is 7. The molecule has 1 aliphatic carbocycles. The fraction of sp³-hybridized carbons (Fsp3) is 0.476. The molecule has 11 atom stereocenters. The average Bonchev–Trinajstić information content (AvgIpc) is 3.61. The number of hydrogen-bond acceptors (Lipinski definition) is 16. The van der Waals surface area contributed by atoms with Crippen molar-refractivity contribution in [2.24, 2.45) is 17.6 Å². The van der Waals surface area contributed by atoms with Crippen molar-refractivity contribution in [1.82, 2.24) is 42.3 Å². The van der Waals surface area contributed by atoms with Crippen molar-refractivity contribution in [3.63, 3.8) is 0 Å². The van der Waals surface area contributed by atoms with Gasteiger partial charge in [0.05, 0.1) is 37.4 Å². The van der Waals surface area contributed by atoms with Crippen molar-refractivity contribution in [2.45, 2.75) is 160 Å². The highest BCUT2D eigenvalue weighted by Gasteiger charge is 2.58. The van der Waals surface area contributed by atoms with Crippen LogP contribution in [0, 0.1) is 18.8 Å². The Morgan fingerprint density at radius 3 is 2.23 bits per heavy atom. The number of hydrazine groups is 1. The molecule has 8 rings (SSSR count). The van der Waals surface area contributed by atoms with Crippen molar-refractivity contribution in [2.75, 3.05) is 25.1 Å². The lowest BCUT2D eigenvalue weighted by molar-refractivity contribution is -0.145. The molecule has 1 spiro atoms. The topological polar surface area (TPSA) is 338 Å². The van der Waals surface area contributed by atoms with Gasteiger partial charge in [0, 0.05) is 37.4 Å². The molecule has 10 N–H and O–H groups in total. The van der Waals surface area contributed by atoms with Crippen LogP contribution in [0.25, 0.3) is 11.1 Å². The van der Waals surface area contributed by atoms with E-state index in [4.69, 9.17) is 33.9 Å². The number of aliphatic hydroxyl groups excluding tert-OH is 1. The van der Waals surface area contributed by atoms with Gasteiger partial charge in [0.2, 0.25) is 29.5 Å². The molecule has 1 aromatic heterocycles. The highest BCUT2D eigenvalue weighted by atomic mass is 16.6. The lowest BCUT2D eigenvalue weighted by Gasteiger charge is -2.39. The number of epoxide rings is 1. The number of allylic oxidation sites excluding steroid dienone is 3. The summed E-state index contributed by atoms with van der Waals surface area (Å²) in [5.74, 6) is -1.64. The summed E-state index contributed by atoms with van der Waals surface area (Å²) in [5, 5.41) is 28.9. The van der Waals surface area contributed by atoms with Gasteiger partial charge in [-0.2, -0.15) is 4.98 Å². The Labute approximate surface area is 505 Å². The maximum Gasteiger partial charge on any atom is 0.426 e. The quantitative estimate of drug-likeness (QED) is 0.0122. The minimum Gasteiger partial charge on any atom is -0.449 e. The van der Waals surface area contributed by atoms with Crippen molar-refractivity contribution < 1.29 is 66.9 Å². The molecule has 3 aliphatic heterocycles. The second-order valence-corrected chi connectivity index (χ2v) is 23.1. The summed E-state index contributed by atoms with van der Waals surface area (Å²) >= 11 is 0. The number of anilines is 1. The molecular weight excluding hydrogens is 1120 g/mol. The number of benzene rings is 3. The Bertz CT molecular complexity index is 3130. The number of hydrogen-bond donors (Lipinski definition) is 9. The van der Waals surface area contributed by atoms with Gasteiger partial charge in [-0.05, 0) is 97.4 Å². The zero-order valence-electron chi connectivity index (χ0n) is 50.0. The van der Waals surface area contributed by atoms with Crippen LogP contribution in [0.15, 0.2) is 113 Å². The van der Waals surface area contributed by atoms with Gasteiger partial charge in [0.15, 0.2) is 5.82 Å². The van der Waals surface area contributed by atoms with E-state index < -0.39 is 77.9 Å². The number of primary amides is 1. The van der Waals surface area contributed by atoms with Crippen molar-refractivity contribution in [1.29, 1.82) is 0 Å². The molecule has 0 bridgehead atoms. The zero-order chi connectivity index (χ0) is 62.4. The minimum atomic E-state index is -1.10. The largest absolute Gasteiger partial charge is 0.449 e. The van der Waals surface area contributed by atoms with E-state index in [2.05, 4.69) is 60.6 Å². The maximum absolute atomic E-state index is 13.8. The minimum absolute atomic E-state index is 0.0425. The van der Waals surface area contributed by atoms with Crippen LogP contribution in [-0.4, -0.2) is 131 Å². The monoisotopic (exact) mass is 1200 g/mol. The molecule has 0 unspecified atom stereocenters. The van der Waals surface area contributed by atoms with Gasteiger partial charge in [-0.3, -0.25) is 24.6 Å². The number of amides is 8. The van der Waals surface area contributed by atoms with Crippen LogP contribution in [0.2, 0.25) is 0 Å². The SMILES string of the molecule is CC(/C=C/[C@H]1O[C@H](CC(=O)NNC(=O)OCc2ccc(NC(=O)[C@H](CCCNC(N)=O)NC(=O)[C@@H](NC(=O)OCC3c4ccccc4-c4ccccc43)C(C)C)cc2)C[C@@]2(CO2)[C@@H]1O)=C\C[C@@H]1O[C@H](C)[C@H](NC(=O)/C=C\[C@H](C)c2noc(C)n2)C[C@@H]1C. The summed E-state index contributed by atoms with van der Waals surface area (Å²) in [4.78, 5) is 95.0. The van der Waals surface area contributed by atoms with Gasteiger partial charge in [0.1, 0.15) is 43.1 Å². The Morgan fingerprint density at radius 2 is 1.57 bits per heavy atom. The van der Waals surface area contributed by atoms with Gasteiger partial charge in [-0.25, -0.2) is 19.8 Å². The fourth-order valence-electron chi connectivity index (χ4n) is 11.0. The van der Waals surface area contributed by atoms with Crippen molar-refractivity contribution >= 4 is 47.5 Å². The highest BCUT2D eigenvalue weighted by molar-refractivity contribution is 5.98. The number of aromatic nitrogens is 2. The number of aryl methyl sites for hydroxylation is 1. The molecule has 4 heterocycles. The van der Waals surface area contributed by atoms with Crippen molar-refractivity contribution in [3.8, 4) is 11.1 Å². The van der Waals surface area contributed by atoms with Crippen LogP contribution >= 0.6 is 0 Å². The maximum atomic E-state index is 13.8. The molecule has 8 amide bonds. The smallest absolute Gasteiger partial charge is 0.426 e.